The molecule has 0 aromatic heterocycles. The van der Waals surface area contributed by atoms with Gasteiger partial charge in [0, 0.05) is 0 Å². The maximum atomic E-state index is 14.1. The number of likely N-dealkylation sites (N-methyl/N-ethyl adjacent to an activating group) is 2. The summed E-state index contributed by atoms with van der Waals surface area (Å²) in [6.07, 6.45) is -5.67. The highest BCUT2D eigenvalue weighted by Crippen LogP contribution is 2.42. The van der Waals surface area contributed by atoms with Crippen LogP contribution >= 0.6 is 0 Å². The van der Waals surface area contributed by atoms with Gasteiger partial charge in [-0.3, -0.25) is 4.79 Å². The Kier molecular flexibility index (Phi) is 6.54. The van der Waals surface area contributed by atoms with Crippen molar-refractivity contribution in [3.8, 4) is 0 Å². The van der Waals surface area contributed by atoms with E-state index in [0.717, 1.165) is 0 Å². The summed E-state index contributed by atoms with van der Waals surface area (Å²) in [6.45, 7) is 1.74. The lowest BCUT2D eigenvalue weighted by atomic mass is 9.79. The number of carbonyl (C=O) groups is 1. The van der Waals surface area contributed by atoms with Gasteiger partial charge in [0.1, 0.15) is 24.1 Å². The highest BCUT2D eigenvalue weighted by atomic mass is 19.1. The highest BCUT2D eigenvalue weighted by Gasteiger charge is 2.63. The monoisotopic (exact) mass is 455 g/mol. The lowest BCUT2D eigenvalue weighted by molar-refractivity contribution is -0.448. The summed E-state index contributed by atoms with van der Waals surface area (Å²) >= 11 is 0. The standard InChI is InChI=1S/C21H30FN3O7/c1-9-8-12(25-19(28)10-6-4-5-7-11(10)22)21(29)20(30-9)31-18-16(27)13(23-2)15(26)14(24-3)17(18)32-21/h4-7,9,12-18,20,23-24,26-27,29H,8H2,1-3H3,(H,25,28)/t9-,12-,13-,14+,15+,16+,17?,18?,20?,21+/m1/s1. The van der Waals surface area contributed by atoms with Crippen LogP contribution in [0.2, 0.25) is 0 Å². The van der Waals surface area contributed by atoms with E-state index in [-0.39, 0.29) is 12.0 Å². The van der Waals surface area contributed by atoms with E-state index < -0.39 is 72.4 Å². The third kappa shape index (κ3) is 3.82. The largest absolute Gasteiger partial charge is 0.390 e. The second-order valence-electron chi connectivity index (χ2n) is 8.57. The summed E-state index contributed by atoms with van der Waals surface area (Å²) in [4.78, 5) is 12.7. The van der Waals surface area contributed by atoms with Gasteiger partial charge in [0.2, 0.25) is 12.1 Å². The molecule has 3 unspecified atom stereocenters. The van der Waals surface area contributed by atoms with Crippen molar-refractivity contribution in [2.24, 2.45) is 0 Å². The zero-order chi connectivity index (χ0) is 23.2. The number of nitrogens with one attached hydrogen (secondary N) is 3. The van der Waals surface area contributed by atoms with E-state index in [2.05, 4.69) is 16.0 Å². The molecule has 1 aromatic rings. The molecule has 2 aliphatic heterocycles. The smallest absolute Gasteiger partial charge is 0.254 e. The summed E-state index contributed by atoms with van der Waals surface area (Å²) in [5, 5.41) is 41.5. The van der Waals surface area contributed by atoms with Crippen molar-refractivity contribution in [2.75, 3.05) is 14.1 Å². The van der Waals surface area contributed by atoms with Crippen molar-refractivity contribution in [1.82, 2.24) is 16.0 Å². The van der Waals surface area contributed by atoms with Gasteiger partial charge < -0.3 is 45.5 Å². The maximum Gasteiger partial charge on any atom is 0.254 e. The Labute approximate surface area is 185 Å². The average Bonchev–Trinajstić information content (AvgIpc) is 2.75. The van der Waals surface area contributed by atoms with Crippen LogP contribution < -0.4 is 16.0 Å². The van der Waals surface area contributed by atoms with Crippen LogP contribution in [0, 0.1) is 5.82 Å². The summed E-state index contributed by atoms with van der Waals surface area (Å²) in [7, 11) is 3.23. The molecule has 0 radical (unpaired) electrons. The molecule has 10 atom stereocenters. The molecule has 0 bridgehead atoms. The lowest BCUT2D eigenvalue weighted by Gasteiger charge is -2.58. The van der Waals surface area contributed by atoms with Gasteiger partial charge in [0.05, 0.1) is 35.9 Å². The number of benzene rings is 1. The number of aliphatic hydroxyl groups excluding tert-OH is 2. The fraction of sp³-hybridized carbons (Fsp3) is 0.667. The SMILES string of the molecule is CN[C@@H]1[C@H](O)[C@H](NC)C2O[C@]3(O)C(OC2[C@H]1O)O[C@H](C)C[C@H]3NC(=O)c1ccccc1F. The Morgan fingerprint density at radius 2 is 1.78 bits per heavy atom. The first-order valence-electron chi connectivity index (χ1n) is 10.7. The Hall–Kier alpha value is -1.70. The van der Waals surface area contributed by atoms with Gasteiger partial charge >= 0.3 is 0 Å². The number of aliphatic hydroxyl groups is 3. The van der Waals surface area contributed by atoms with Crippen molar-refractivity contribution in [1.29, 1.82) is 0 Å². The third-order valence-electron chi connectivity index (χ3n) is 6.57. The van der Waals surface area contributed by atoms with Crippen LogP contribution in [-0.4, -0.2) is 96.0 Å². The minimum atomic E-state index is -2.13. The van der Waals surface area contributed by atoms with Crippen molar-refractivity contribution in [2.45, 2.75) is 74.1 Å². The quantitative estimate of drug-likeness (QED) is 0.318. The van der Waals surface area contributed by atoms with Gasteiger partial charge in [-0.2, -0.15) is 0 Å². The molecule has 2 saturated heterocycles. The first-order chi connectivity index (χ1) is 15.2. The minimum absolute atomic E-state index is 0.169. The van der Waals surface area contributed by atoms with E-state index in [0.29, 0.717) is 0 Å². The number of fused-ring (bicyclic) bond motifs is 2. The topological polar surface area (TPSA) is 142 Å². The lowest BCUT2D eigenvalue weighted by Crippen LogP contribution is -2.79. The molecule has 1 aromatic carbocycles. The van der Waals surface area contributed by atoms with Gasteiger partial charge in [-0.1, -0.05) is 12.1 Å². The molecule has 11 heteroatoms. The van der Waals surface area contributed by atoms with Gasteiger partial charge in [0.15, 0.2) is 0 Å². The minimum Gasteiger partial charge on any atom is -0.390 e. The van der Waals surface area contributed by atoms with Crippen molar-refractivity contribution in [3.05, 3.63) is 35.6 Å². The number of rotatable bonds is 4. The maximum absolute atomic E-state index is 14.1. The Morgan fingerprint density at radius 1 is 1.09 bits per heavy atom. The summed E-state index contributed by atoms with van der Waals surface area (Å²) in [6, 6.07) is 3.11. The molecule has 1 aliphatic carbocycles. The number of hydrogen-bond donors (Lipinski definition) is 6. The molecule has 32 heavy (non-hydrogen) atoms. The molecule has 3 fully saturated rings. The van der Waals surface area contributed by atoms with Crippen molar-refractivity contribution in [3.63, 3.8) is 0 Å². The summed E-state index contributed by atoms with van der Waals surface area (Å²) in [5.41, 5.74) is -0.171. The first kappa shape index (κ1) is 23.5. The van der Waals surface area contributed by atoms with Crippen molar-refractivity contribution < 1.29 is 38.7 Å². The molecule has 10 nitrogen and oxygen atoms in total. The van der Waals surface area contributed by atoms with E-state index in [9.17, 15) is 24.5 Å². The Balaban J connectivity index is 1.62. The molecule has 1 amide bonds. The number of carbonyl (C=O) groups excluding carboxylic acids is 1. The Bertz CT molecular complexity index is 847. The molecule has 4 rings (SSSR count). The van der Waals surface area contributed by atoms with Crippen LogP contribution in [0.5, 0.6) is 0 Å². The highest BCUT2D eigenvalue weighted by molar-refractivity contribution is 5.94. The van der Waals surface area contributed by atoms with Crippen LogP contribution in [0.3, 0.4) is 0 Å². The van der Waals surface area contributed by atoms with Gasteiger partial charge in [0.25, 0.3) is 5.91 Å². The summed E-state index contributed by atoms with van der Waals surface area (Å²) in [5.74, 6) is -3.54. The molecule has 1 saturated carbocycles. The fourth-order valence-electron chi connectivity index (χ4n) is 4.90. The molecule has 2 heterocycles. The van der Waals surface area contributed by atoms with Gasteiger partial charge in [-0.15, -0.1) is 0 Å². The zero-order valence-corrected chi connectivity index (χ0v) is 18.1. The van der Waals surface area contributed by atoms with Crippen molar-refractivity contribution >= 4 is 5.91 Å². The molecule has 6 N–H and O–H groups in total. The molecular weight excluding hydrogens is 425 g/mol. The van der Waals surface area contributed by atoms with Crippen LogP contribution in [0.1, 0.15) is 23.7 Å². The number of amides is 1. The zero-order valence-electron chi connectivity index (χ0n) is 18.1. The molecule has 178 valence electrons. The molecule has 0 spiro atoms. The Morgan fingerprint density at radius 3 is 2.44 bits per heavy atom. The number of hydrogen-bond acceptors (Lipinski definition) is 9. The van der Waals surface area contributed by atoms with E-state index in [1.165, 1.54) is 24.3 Å². The van der Waals surface area contributed by atoms with E-state index in [4.69, 9.17) is 14.2 Å². The van der Waals surface area contributed by atoms with Gasteiger partial charge in [-0.05, 0) is 39.6 Å². The van der Waals surface area contributed by atoms with E-state index in [1.807, 2.05) is 0 Å². The van der Waals surface area contributed by atoms with Gasteiger partial charge in [-0.25, -0.2) is 4.39 Å². The van der Waals surface area contributed by atoms with E-state index >= 15 is 0 Å². The first-order valence-corrected chi connectivity index (χ1v) is 10.7. The molecular formula is C21H30FN3O7. The summed E-state index contributed by atoms with van der Waals surface area (Å²) < 4.78 is 31.9. The third-order valence-corrected chi connectivity index (χ3v) is 6.57. The number of ether oxygens (including phenoxy) is 3. The second-order valence-corrected chi connectivity index (χ2v) is 8.57. The predicted octanol–water partition coefficient (Wildman–Crippen LogP) is -1.56. The van der Waals surface area contributed by atoms with E-state index in [1.54, 1.807) is 21.0 Å². The average molecular weight is 455 g/mol. The van der Waals surface area contributed by atoms with Crippen LogP contribution in [0.25, 0.3) is 0 Å². The number of halogens is 1. The normalized spacial score (nSPS) is 43.8. The second kappa shape index (κ2) is 8.92. The molecule has 3 aliphatic rings. The van der Waals surface area contributed by atoms with Crippen LogP contribution in [0.4, 0.5) is 4.39 Å². The fourth-order valence-corrected chi connectivity index (χ4v) is 4.90. The van der Waals surface area contributed by atoms with Crippen LogP contribution in [-0.2, 0) is 14.2 Å². The van der Waals surface area contributed by atoms with Crippen LogP contribution in [0.15, 0.2) is 24.3 Å². The predicted molar refractivity (Wildman–Crippen MR) is 109 cm³/mol.